The van der Waals surface area contributed by atoms with Gasteiger partial charge in [-0.25, -0.2) is 14.8 Å². The lowest BCUT2D eigenvalue weighted by Gasteiger charge is -2.19. The van der Waals surface area contributed by atoms with E-state index >= 15 is 0 Å². The Hall–Kier alpha value is -5.19. The summed E-state index contributed by atoms with van der Waals surface area (Å²) in [7, 11) is 3.27. The van der Waals surface area contributed by atoms with Crippen LogP contribution in [0.15, 0.2) is 97.3 Å². The van der Waals surface area contributed by atoms with Crippen molar-refractivity contribution in [3.63, 3.8) is 0 Å². The molecule has 0 spiro atoms. The van der Waals surface area contributed by atoms with Gasteiger partial charge in [0.15, 0.2) is 0 Å². The second kappa shape index (κ2) is 13.0. The molecular weight excluding hydrogens is 584 g/mol. The molecule has 1 aliphatic heterocycles. The average Bonchev–Trinajstić information content (AvgIpc) is 3.71. The van der Waals surface area contributed by atoms with Gasteiger partial charge in [0.05, 0.1) is 37.3 Å². The maximum atomic E-state index is 13.1. The van der Waals surface area contributed by atoms with E-state index in [0.29, 0.717) is 37.6 Å². The first-order valence-corrected chi connectivity index (χ1v) is 15.2. The highest BCUT2D eigenvalue weighted by molar-refractivity contribution is 5.87. The molecule has 1 fully saturated rings. The number of likely N-dealkylation sites (tertiary alicyclic amines) is 1. The van der Waals surface area contributed by atoms with Gasteiger partial charge in [-0.3, -0.25) is 4.40 Å². The van der Waals surface area contributed by atoms with Crippen molar-refractivity contribution in [3.05, 3.63) is 103 Å². The molecule has 1 saturated heterocycles. The number of rotatable bonds is 10. The van der Waals surface area contributed by atoms with Crippen molar-refractivity contribution in [3.8, 4) is 22.9 Å². The molecule has 1 aliphatic rings. The fourth-order valence-electron chi connectivity index (χ4n) is 5.80. The number of methoxy groups -OCH3 is 2. The first-order valence-electron chi connectivity index (χ1n) is 15.2. The minimum Gasteiger partial charge on any atom is -0.491 e. The summed E-state index contributed by atoms with van der Waals surface area (Å²) in [6.45, 7) is 1.85. The van der Waals surface area contributed by atoms with Crippen LogP contribution in [0.3, 0.4) is 0 Å². The van der Waals surface area contributed by atoms with Gasteiger partial charge in [-0.15, -0.1) is 0 Å². The highest BCUT2D eigenvalue weighted by Crippen LogP contribution is 2.31. The van der Waals surface area contributed by atoms with E-state index in [2.05, 4.69) is 11.1 Å². The second-order valence-corrected chi connectivity index (χ2v) is 11.2. The Labute approximate surface area is 266 Å². The van der Waals surface area contributed by atoms with Crippen LogP contribution in [0, 0.1) is 0 Å². The number of carbonyl (C=O) groups excluding carboxylic acids is 1. The SMILES string of the molecule is COCCOc1ccn2c(-c3ccc4cccc(O[C@@H]5CN(C(=O)OCc6ccc7ccccc7c6)C[C@H]5OC)c4n3)cnc2c1. The number of aromatic nitrogens is 3. The summed E-state index contributed by atoms with van der Waals surface area (Å²) in [5, 5.41) is 3.19. The molecule has 46 heavy (non-hydrogen) atoms. The summed E-state index contributed by atoms with van der Waals surface area (Å²) in [6.07, 6.45) is 2.58. The van der Waals surface area contributed by atoms with E-state index in [1.807, 2.05) is 89.5 Å². The molecule has 234 valence electrons. The van der Waals surface area contributed by atoms with E-state index in [-0.39, 0.29) is 12.7 Å². The molecule has 0 radical (unpaired) electrons. The zero-order valence-corrected chi connectivity index (χ0v) is 25.7. The molecule has 0 saturated carbocycles. The lowest BCUT2D eigenvalue weighted by molar-refractivity contribution is 0.0344. The van der Waals surface area contributed by atoms with Crippen molar-refractivity contribution in [2.75, 3.05) is 40.5 Å². The number of fused-ring (bicyclic) bond motifs is 3. The number of hydrogen-bond donors (Lipinski definition) is 0. The predicted octanol–water partition coefficient (Wildman–Crippen LogP) is 6.14. The summed E-state index contributed by atoms with van der Waals surface area (Å²) in [5.41, 5.74) is 3.98. The Balaban J connectivity index is 1.07. The monoisotopic (exact) mass is 618 g/mol. The Morgan fingerprint density at radius 3 is 2.57 bits per heavy atom. The number of nitrogens with zero attached hydrogens (tertiary/aromatic N) is 4. The molecule has 0 N–H and O–H groups in total. The predicted molar refractivity (Wildman–Crippen MR) is 174 cm³/mol. The number of imidazole rings is 1. The highest BCUT2D eigenvalue weighted by atomic mass is 16.6. The normalized spacial score (nSPS) is 16.3. The van der Waals surface area contributed by atoms with Crippen LogP contribution in [-0.4, -0.2) is 78.1 Å². The molecule has 4 heterocycles. The van der Waals surface area contributed by atoms with Crippen LogP contribution in [0.25, 0.3) is 38.7 Å². The zero-order chi connectivity index (χ0) is 31.5. The van der Waals surface area contributed by atoms with Crippen LogP contribution < -0.4 is 9.47 Å². The molecule has 0 aliphatic carbocycles. The molecule has 10 nitrogen and oxygen atoms in total. The van der Waals surface area contributed by atoms with Crippen molar-refractivity contribution in [2.24, 2.45) is 0 Å². The van der Waals surface area contributed by atoms with Gasteiger partial charge in [-0.05, 0) is 40.6 Å². The van der Waals surface area contributed by atoms with Crippen molar-refractivity contribution >= 4 is 33.4 Å². The van der Waals surface area contributed by atoms with Crippen molar-refractivity contribution < 1.29 is 28.5 Å². The maximum absolute atomic E-state index is 13.1. The van der Waals surface area contributed by atoms with Gasteiger partial charge < -0.3 is 28.6 Å². The summed E-state index contributed by atoms with van der Waals surface area (Å²) in [4.78, 5) is 24.3. The minimum absolute atomic E-state index is 0.185. The van der Waals surface area contributed by atoms with Gasteiger partial charge in [0.25, 0.3) is 0 Å². The second-order valence-electron chi connectivity index (χ2n) is 11.2. The van der Waals surface area contributed by atoms with E-state index in [0.717, 1.165) is 44.5 Å². The smallest absolute Gasteiger partial charge is 0.410 e. The Kier molecular flexibility index (Phi) is 8.37. The first kappa shape index (κ1) is 29.5. The lowest BCUT2D eigenvalue weighted by Crippen LogP contribution is -2.32. The number of para-hydroxylation sites is 1. The van der Waals surface area contributed by atoms with Gasteiger partial charge in [0, 0.05) is 31.9 Å². The number of ether oxygens (including phenoxy) is 5. The third-order valence-electron chi connectivity index (χ3n) is 8.22. The van der Waals surface area contributed by atoms with Crippen LogP contribution in [0.5, 0.6) is 11.5 Å². The van der Waals surface area contributed by atoms with Gasteiger partial charge in [0.2, 0.25) is 0 Å². The molecule has 3 aromatic carbocycles. The molecule has 1 amide bonds. The molecule has 0 unspecified atom stereocenters. The third-order valence-corrected chi connectivity index (χ3v) is 8.22. The van der Waals surface area contributed by atoms with Crippen LogP contribution in [0.4, 0.5) is 4.79 Å². The standard InChI is InChI=1S/C36H34N4O6/c1-42-16-17-44-28-14-15-40-30(20-37-34(40)19-28)29-13-12-26-8-5-9-31(35(26)38-29)46-33-22-39(21-32(33)43-2)36(41)45-23-24-10-11-25-6-3-4-7-27(25)18-24/h3-15,18-20,32-33H,16-17,21-23H2,1-2H3/t32-,33-/m1/s1. The number of benzene rings is 3. The zero-order valence-electron chi connectivity index (χ0n) is 25.7. The van der Waals surface area contributed by atoms with E-state index in [1.54, 1.807) is 25.3 Å². The Morgan fingerprint density at radius 1 is 0.870 bits per heavy atom. The van der Waals surface area contributed by atoms with Gasteiger partial charge in [-0.2, -0.15) is 0 Å². The van der Waals surface area contributed by atoms with E-state index in [1.165, 1.54) is 0 Å². The first-order chi connectivity index (χ1) is 22.6. The summed E-state index contributed by atoms with van der Waals surface area (Å²) < 4.78 is 30.7. The number of hydrogen-bond acceptors (Lipinski definition) is 8. The van der Waals surface area contributed by atoms with Crippen LogP contribution in [-0.2, 0) is 20.8 Å². The molecule has 0 bridgehead atoms. The van der Waals surface area contributed by atoms with Crippen molar-refractivity contribution in [1.82, 2.24) is 19.3 Å². The summed E-state index contributed by atoms with van der Waals surface area (Å²) in [5.74, 6) is 1.33. The molecular formula is C36H34N4O6. The molecule has 6 aromatic rings. The fraction of sp³-hybridized carbons (Fsp3) is 0.250. The molecule has 3 aromatic heterocycles. The fourth-order valence-corrected chi connectivity index (χ4v) is 5.80. The number of amides is 1. The Morgan fingerprint density at radius 2 is 1.70 bits per heavy atom. The molecule has 7 rings (SSSR count). The van der Waals surface area contributed by atoms with Gasteiger partial charge in [0.1, 0.15) is 48.1 Å². The summed E-state index contributed by atoms with van der Waals surface area (Å²) >= 11 is 0. The van der Waals surface area contributed by atoms with Crippen LogP contribution in [0.2, 0.25) is 0 Å². The van der Waals surface area contributed by atoms with Crippen molar-refractivity contribution in [2.45, 2.75) is 18.8 Å². The van der Waals surface area contributed by atoms with Crippen LogP contribution in [0.1, 0.15) is 5.56 Å². The quantitative estimate of drug-likeness (QED) is 0.169. The summed E-state index contributed by atoms with van der Waals surface area (Å²) in [6, 6.07) is 27.8. The van der Waals surface area contributed by atoms with E-state index in [4.69, 9.17) is 28.7 Å². The largest absolute Gasteiger partial charge is 0.491 e. The third kappa shape index (κ3) is 6.04. The number of pyridine rings is 2. The topological polar surface area (TPSA) is 96.7 Å². The maximum Gasteiger partial charge on any atom is 0.410 e. The number of carbonyl (C=O) groups is 1. The molecule has 10 heteroatoms. The minimum atomic E-state index is -0.403. The molecule has 2 atom stereocenters. The Bertz CT molecular complexity index is 2010. The van der Waals surface area contributed by atoms with Crippen molar-refractivity contribution in [1.29, 1.82) is 0 Å². The van der Waals surface area contributed by atoms with Gasteiger partial charge >= 0.3 is 6.09 Å². The van der Waals surface area contributed by atoms with E-state index in [9.17, 15) is 4.79 Å². The highest BCUT2D eigenvalue weighted by Gasteiger charge is 2.38. The van der Waals surface area contributed by atoms with Gasteiger partial charge in [-0.1, -0.05) is 54.6 Å². The lowest BCUT2D eigenvalue weighted by atomic mass is 10.1. The average molecular weight is 619 g/mol. The van der Waals surface area contributed by atoms with Crippen LogP contribution >= 0.6 is 0 Å². The van der Waals surface area contributed by atoms with E-state index < -0.39 is 12.2 Å².